The summed E-state index contributed by atoms with van der Waals surface area (Å²) in [4.78, 5) is 16.6. The molecule has 1 N–H and O–H groups in total. The molecule has 1 atom stereocenters. The van der Waals surface area contributed by atoms with Gasteiger partial charge in [-0.15, -0.1) is 11.8 Å². The van der Waals surface area contributed by atoms with Crippen LogP contribution in [0, 0.1) is 0 Å². The number of fused-ring (bicyclic) bond motifs is 2. The second-order valence-corrected chi connectivity index (χ2v) is 8.73. The van der Waals surface area contributed by atoms with Crippen molar-refractivity contribution >= 4 is 17.7 Å². The molecular formula is C23H28N2O2S. The monoisotopic (exact) mass is 396 g/mol. The molecule has 0 saturated carbocycles. The molecule has 2 aliphatic rings. The van der Waals surface area contributed by atoms with Gasteiger partial charge in [0.15, 0.2) is 0 Å². The summed E-state index contributed by atoms with van der Waals surface area (Å²) in [5, 5.41) is 3.19. The number of rotatable bonds is 6. The van der Waals surface area contributed by atoms with Gasteiger partial charge in [0, 0.05) is 30.4 Å². The zero-order chi connectivity index (χ0) is 19.5. The second-order valence-electron chi connectivity index (χ2n) is 7.39. The van der Waals surface area contributed by atoms with Crippen LogP contribution in [0.5, 0.6) is 5.75 Å². The zero-order valence-electron chi connectivity index (χ0n) is 16.7. The van der Waals surface area contributed by atoms with Crippen LogP contribution in [0.2, 0.25) is 0 Å². The highest BCUT2D eigenvalue weighted by Gasteiger charge is 2.27. The van der Waals surface area contributed by atoms with E-state index in [4.69, 9.17) is 4.74 Å². The van der Waals surface area contributed by atoms with Crippen LogP contribution in [0.25, 0.3) is 0 Å². The van der Waals surface area contributed by atoms with Crippen molar-refractivity contribution in [1.82, 2.24) is 10.2 Å². The lowest BCUT2D eigenvalue weighted by molar-refractivity contribution is 0.0924. The van der Waals surface area contributed by atoms with E-state index < -0.39 is 0 Å². The Labute approximate surface area is 171 Å². The van der Waals surface area contributed by atoms with Gasteiger partial charge in [-0.25, -0.2) is 0 Å². The Morgan fingerprint density at radius 1 is 1.21 bits per heavy atom. The van der Waals surface area contributed by atoms with Gasteiger partial charge in [0.1, 0.15) is 5.75 Å². The maximum Gasteiger partial charge on any atom is 0.255 e. The number of amides is 1. The molecule has 0 aromatic heterocycles. The minimum absolute atomic E-state index is 0.0217. The van der Waals surface area contributed by atoms with Crippen molar-refractivity contribution in [3.05, 3.63) is 58.7 Å². The third kappa shape index (κ3) is 3.91. The molecule has 28 heavy (non-hydrogen) atoms. The van der Waals surface area contributed by atoms with Crippen LogP contribution >= 0.6 is 11.8 Å². The van der Waals surface area contributed by atoms with Crippen LogP contribution in [0.15, 0.2) is 41.3 Å². The molecule has 2 aromatic carbocycles. The summed E-state index contributed by atoms with van der Waals surface area (Å²) in [5.41, 5.74) is 4.65. The molecule has 5 heteroatoms. The van der Waals surface area contributed by atoms with Crippen LogP contribution in [-0.2, 0) is 19.4 Å². The summed E-state index contributed by atoms with van der Waals surface area (Å²) in [6.45, 7) is 7.58. The van der Waals surface area contributed by atoms with E-state index in [2.05, 4.69) is 54.4 Å². The summed E-state index contributed by atoms with van der Waals surface area (Å²) >= 11 is 1.77. The number of nitrogens with one attached hydrogen (secondary N) is 1. The third-order valence-electron chi connectivity index (χ3n) is 5.68. The molecule has 0 spiro atoms. The zero-order valence-corrected chi connectivity index (χ0v) is 17.5. The molecule has 2 aromatic rings. The van der Waals surface area contributed by atoms with Crippen molar-refractivity contribution < 1.29 is 9.53 Å². The van der Waals surface area contributed by atoms with E-state index in [9.17, 15) is 4.79 Å². The Hall–Kier alpha value is -1.98. The largest absolute Gasteiger partial charge is 0.492 e. The van der Waals surface area contributed by atoms with E-state index in [1.54, 1.807) is 11.8 Å². The Kier molecular flexibility index (Phi) is 5.93. The third-order valence-corrected chi connectivity index (χ3v) is 6.54. The van der Waals surface area contributed by atoms with Crippen LogP contribution in [0.1, 0.15) is 40.9 Å². The van der Waals surface area contributed by atoms with Gasteiger partial charge in [0.25, 0.3) is 5.91 Å². The van der Waals surface area contributed by atoms with Crippen LogP contribution in [-0.4, -0.2) is 42.3 Å². The molecule has 0 fully saturated rings. The lowest BCUT2D eigenvalue weighted by atomic mass is 9.94. The fourth-order valence-corrected chi connectivity index (χ4v) is 4.98. The van der Waals surface area contributed by atoms with E-state index in [0.717, 1.165) is 47.9 Å². The highest BCUT2D eigenvalue weighted by atomic mass is 32.2. The van der Waals surface area contributed by atoms with Crippen molar-refractivity contribution in [2.45, 2.75) is 44.2 Å². The molecular weight excluding hydrogens is 368 g/mol. The fraction of sp³-hybridized carbons (Fsp3) is 0.435. The maximum absolute atomic E-state index is 13.0. The maximum atomic E-state index is 13.0. The number of benzene rings is 2. The number of likely N-dealkylation sites (N-methyl/N-ethyl adjacent to an activating group) is 1. The molecule has 0 radical (unpaired) electrons. The molecule has 148 valence electrons. The Morgan fingerprint density at radius 3 is 2.82 bits per heavy atom. The predicted octanol–water partition coefficient (Wildman–Crippen LogP) is 3.91. The van der Waals surface area contributed by atoms with Gasteiger partial charge in [-0.05, 0) is 47.5 Å². The van der Waals surface area contributed by atoms with E-state index >= 15 is 0 Å². The highest BCUT2D eigenvalue weighted by molar-refractivity contribution is 7.99. The van der Waals surface area contributed by atoms with Gasteiger partial charge in [-0.3, -0.25) is 9.69 Å². The lowest BCUT2D eigenvalue weighted by Crippen LogP contribution is -2.47. The standard InChI is InChI=1S/C23H28N2O2S/c1-3-25-15-18-8-6-5-7-16(18)11-19(25)14-24-23(26)21-13-20(28-4-2)12-17-9-10-27-22(17)21/h5-8,12-13,19H,3-4,9-11,14-15H2,1-2H3,(H,24,26)/t19-/m0/s1. The van der Waals surface area contributed by atoms with Crippen LogP contribution in [0.4, 0.5) is 0 Å². The van der Waals surface area contributed by atoms with E-state index in [0.29, 0.717) is 24.8 Å². The predicted molar refractivity (Wildman–Crippen MR) is 114 cm³/mol. The number of thioether (sulfide) groups is 1. The van der Waals surface area contributed by atoms with Gasteiger partial charge in [0.05, 0.1) is 12.2 Å². The number of ether oxygens (including phenoxy) is 1. The number of hydrogen-bond donors (Lipinski definition) is 1. The van der Waals surface area contributed by atoms with Gasteiger partial charge in [-0.1, -0.05) is 38.1 Å². The SMILES string of the molecule is CCSc1cc2c(c(C(=O)NC[C@@H]3Cc4ccccc4CN3CC)c1)OCC2. The van der Waals surface area contributed by atoms with Gasteiger partial charge in [-0.2, -0.15) is 0 Å². The first-order chi connectivity index (χ1) is 13.7. The van der Waals surface area contributed by atoms with Gasteiger partial charge < -0.3 is 10.1 Å². The van der Waals surface area contributed by atoms with Crippen molar-refractivity contribution in [3.63, 3.8) is 0 Å². The quantitative estimate of drug-likeness (QED) is 0.752. The molecule has 4 rings (SSSR count). The van der Waals surface area contributed by atoms with E-state index in [1.807, 2.05) is 6.07 Å². The van der Waals surface area contributed by atoms with Crippen molar-refractivity contribution in [3.8, 4) is 5.75 Å². The highest BCUT2D eigenvalue weighted by Crippen LogP contribution is 2.34. The molecule has 4 nitrogen and oxygen atoms in total. The second kappa shape index (κ2) is 8.58. The Bertz CT molecular complexity index is 868. The summed E-state index contributed by atoms with van der Waals surface area (Å²) in [5.74, 6) is 1.75. The number of nitrogens with zero attached hydrogens (tertiary/aromatic N) is 1. The molecule has 2 aliphatic heterocycles. The lowest BCUT2D eigenvalue weighted by Gasteiger charge is -2.36. The molecule has 0 aliphatic carbocycles. The molecule has 0 bridgehead atoms. The minimum Gasteiger partial charge on any atom is -0.492 e. The molecule has 0 unspecified atom stereocenters. The van der Waals surface area contributed by atoms with Crippen molar-refractivity contribution in [2.24, 2.45) is 0 Å². The Balaban J connectivity index is 1.49. The van der Waals surface area contributed by atoms with E-state index in [-0.39, 0.29) is 5.91 Å². The molecule has 0 saturated heterocycles. The van der Waals surface area contributed by atoms with Crippen molar-refractivity contribution in [1.29, 1.82) is 0 Å². The van der Waals surface area contributed by atoms with Gasteiger partial charge >= 0.3 is 0 Å². The summed E-state index contributed by atoms with van der Waals surface area (Å²) in [6.07, 6.45) is 1.86. The average Bonchev–Trinajstić information content (AvgIpc) is 3.19. The summed E-state index contributed by atoms with van der Waals surface area (Å²) in [6, 6.07) is 13.1. The van der Waals surface area contributed by atoms with Crippen molar-refractivity contribution in [2.75, 3.05) is 25.4 Å². The summed E-state index contributed by atoms with van der Waals surface area (Å²) < 4.78 is 5.78. The Morgan fingerprint density at radius 2 is 2.04 bits per heavy atom. The number of carbonyl (C=O) groups excluding carboxylic acids is 1. The molecule has 1 amide bonds. The first-order valence-electron chi connectivity index (χ1n) is 10.2. The number of carbonyl (C=O) groups is 1. The van der Waals surface area contributed by atoms with Crippen LogP contribution < -0.4 is 10.1 Å². The topological polar surface area (TPSA) is 41.6 Å². The first kappa shape index (κ1) is 19.3. The van der Waals surface area contributed by atoms with E-state index in [1.165, 1.54) is 11.1 Å². The first-order valence-corrected chi connectivity index (χ1v) is 11.2. The number of hydrogen-bond acceptors (Lipinski definition) is 4. The minimum atomic E-state index is -0.0217. The molecule has 2 heterocycles. The smallest absolute Gasteiger partial charge is 0.255 e. The normalized spacial score (nSPS) is 18.3. The average molecular weight is 397 g/mol. The van der Waals surface area contributed by atoms with Gasteiger partial charge in [0.2, 0.25) is 0 Å². The summed E-state index contributed by atoms with van der Waals surface area (Å²) in [7, 11) is 0. The fourth-order valence-electron chi connectivity index (χ4n) is 4.22. The van der Waals surface area contributed by atoms with Crippen LogP contribution in [0.3, 0.4) is 0 Å².